The van der Waals surface area contributed by atoms with Crippen molar-refractivity contribution in [3.05, 3.63) is 35.9 Å². The number of aliphatic carboxylic acids is 1. The number of rotatable bonds is 8. The molecule has 7 nitrogen and oxygen atoms in total. The summed E-state index contributed by atoms with van der Waals surface area (Å²) in [6.07, 6.45) is 5.71. The number of aliphatic hydroxyl groups excluding tert-OH is 3. The molecule has 5 rings (SSSR count). The van der Waals surface area contributed by atoms with Gasteiger partial charge in [-0.3, -0.25) is 4.99 Å². The molecule has 8 heteroatoms. The van der Waals surface area contributed by atoms with E-state index in [9.17, 15) is 30.3 Å². The molecule has 1 aromatic carbocycles. The normalized spacial score (nSPS) is 41.8. The average Bonchev–Trinajstić information content (AvgIpc) is 3.27. The maximum Gasteiger partial charge on any atom is 1.00 e. The Hall–Kier alpha value is -0.960. The molecule has 0 amide bonds. The van der Waals surface area contributed by atoms with Crippen LogP contribution in [0, 0.1) is 46.3 Å². The van der Waals surface area contributed by atoms with Crippen LogP contribution in [0.1, 0.15) is 84.1 Å². The first-order valence-electron chi connectivity index (χ1n) is 15.5. The van der Waals surface area contributed by atoms with Gasteiger partial charge in [0, 0.05) is 6.42 Å². The zero-order valence-electron chi connectivity index (χ0n) is 25.3. The molecule has 0 aromatic heterocycles. The molecule has 0 radical (unpaired) electrons. The number of carboxylic acids is 1. The molecular weight excluding hydrogens is 529 g/mol. The minimum absolute atomic E-state index is 0. The third kappa shape index (κ3) is 6.19. The van der Waals surface area contributed by atoms with Gasteiger partial charge in [0.25, 0.3) is 0 Å². The number of carboxylic acid groups (broad SMARTS) is 1. The summed E-state index contributed by atoms with van der Waals surface area (Å²) in [5.41, 5.74) is 0.559. The van der Waals surface area contributed by atoms with Gasteiger partial charge in [-0.05, 0) is 116 Å². The minimum Gasteiger partial charge on any atom is -0.862 e. The quantitative estimate of drug-likeness (QED) is 0.206. The van der Waals surface area contributed by atoms with E-state index in [-0.39, 0.29) is 94.8 Å². The van der Waals surface area contributed by atoms with Gasteiger partial charge in [-0.25, -0.2) is 4.79 Å². The Kier molecular flexibility index (Phi) is 10.4. The summed E-state index contributed by atoms with van der Waals surface area (Å²) in [5, 5.41) is 56.0. The van der Waals surface area contributed by atoms with E-state index in [1.165, 1.54) is 0 Å². The number of benzene rings is 1. The SMILES string of the molecule is C[C@H](CCC([O-])=N[C@@H](Cc1ccccc1)C(=O)O)[C@H]1CC[C@H]2[C@@H]3[C@H](O)C[C@@H]4C[C@H](O)CC[C@]4(C)[C@H]3C[C@H](O)[C@]12C.[Na+]. The molecule has 0 spiro atoms. The molecule has 4 aliphatic rings. The van der Waals surface area contributed by atoms with Crippen LogP contribution in [0.2, 0.25) is 0 Å². The van der Waals surface area contributed by atoms with Gasteiger partial charge in [-0.2, -0.15) is 0 Å². The molecule has 12 atom stereocenters. The van der Waals surface area contributed by atoms with Gasteiger partial charge in [0.05, 0.1) is 18.3 Å². The van der Waals surface area contributed by atoms with Crippen LogP contribution in [0.3, 0.4) is 0 Å². The first-order valence-corrected chi connectivity index (χ1v) is 15.5. The van der Waals surface area contributed by atoms with Crippen molar-refractivity contribution in [1.82, 2.24) is 0 Å². The minimum atomic E-state index is -1.09. The largest absolute Gasteiger partial charge is 1.00 e. The number of fused-ring (bicyclic) bond motifs is 5. The van der Waals surface area contributed by atoms with Gasteiger partial charge >= 0.3 is 35.5 Å². The topological polar surface area (TPSA) is 133 Å². The summed E-state index contributed by atoms with van der Waals surface area (Å²) < 4.78 is 0. The Balaban J connectivity index is 0.00000387. The van der Waals surface area contributed by atoms with Crippen LogP contribution >= 0.6 is 0 Å². The van der Waals surface area contributed by atoms with Gasteiger partial charge < -0.3 is 25.5 Å². The van der Waals surface area contributed by atoms with Crippen molar-refractivity contribution in [2.24, 2.45) is 51.3 Å². The third-order valence-corrected chi connectivity index (χ3v) is 12.2. The van der Waals surface area contributed by atoms with Crippen LogP contribution in [-0.2, 0) is 11.2 Å². The number of aliphatic hydroxyl groups is 3. The van der Waals surface area contributed by atoms with Gasteiger partial charge in [-0.1, -0.05) is 51.1 Å². The molecule has 0 unspecified atom stereocenters. The molecule has 0 saturated heterocycles. The second kappa shape index (κ2) is 13.0. The van der Waals surface area contributed by atoms with Crippen LogP contribution in [-0.4, -0.2) is 56.6 Å². The van der Waals surface area contributed by atoms with Crippen LogP contribution < -0.4 is 34.7 Å². The van der Waals surface area contributed by atoms with E-state index in [0.29, 0.717) is 18.8 Å². The van der Waals surface area contributed by atoms with Crippen molar-refractivity contribution >= 4 is 11.9 Å². The third-order valence-electron chi connectivity index (χ3n) is 12.2. The zero-order valence-corrected chi connectivity index (χ0v) is 27.3. The van der Waals surface area contributed by atoms with Crippen molar-refractivity contribution in [3.8, 4) is 0 Å². The van der Waals surface area contributed by atoms with Gasteiger partial charge in [-0.15, -0.1) is 0 Å². The molecule has 0 aliphatic heterocycles. The smallest absolute Gasteiger partial charge is 0.862 e. The van der Waals surface area contributed by atoms with E-state index >= 15 is 0 Å². The van der Waals surface area contributed by atoms with E-state index in [4.69, 9.17) is 0 Å². The van der Waals surface area contributed by atoms with Gasteiger partial charge in [0.15, 0.2) is 0 Å². The Morgan fingerprint density at radius 2 is 1.76 bits per heavy atom. The first-order chi connectivity index (χ1) is 18.9. The zero-order chi connectivity index (χ0) is 28.8. The number of nitrogens with zero attached hydrogens (tertiary/aromatic N) is 1. The second-order valence-corrected chi connectivity index (χ2v) is 14.1. The second-order valence-electron chi connectivity index (χ2n) is 14.1. The Bertz CT molecular complexity index is 1080. The van der Waals surface area contributed by atoms with Crippen molar-refractivity contribution in [1.29, 1.82) is 0 Å². The predicted molar refractivity (Wildman–Crippen MR) is 151 cm³/mol. The van der Waals surface area contributed by atoms with Crippen molar-refractivity contribution in [3.63, 3.8) is 0 Å². The molecule has 222 valence electrons. The van der Waals surface area contributed by atoms with Gasteiger partial charge in [0.2, 0.25) is 0 Å². The predicted octanol–water partition coefficient (Wildman–Crippen LogP) is 0.823. The van der Waals surface area contributed by atoms with Gasteiger partial charge in [0.1, 0.15) is 6.04 Å². The Morgan fingerprint density at radius 3 is 2.44 bits per heavy atom. The molecule has 4 saturated carbocycles. The maximum atomic E-state index is 12.8. The molecular formula is C33H48NNaO6. The van der Waals surface area contributed by atoms with E-state index in [0.717, 1.165) is 44.1 Å². The summed E-state index contributed by atoms with van der Waals surface area (Å²) in [4.78, 5) is 15.8. The number of aliphatic imine (C=N–C) groups is 1. The van der Waals surface area contributed by atoms with Crippen LogP contribution in [0.15, 0.2) is 35.3 Å². The number of hydrogen-bond donors (Lipinski definition) is 4. The Morgan fingerprint density at radius 1 is 1.05 bits per heavy atom. The number of carbonyl (C=O) groups is 1. The molecule has 4 N–H and O–H groups in total. The maximum absolute atomic E-state index is 12.8. The molecule has 0 heterocycles. The summed E-state index contributed by atoms with van der Waals surface area (Å²) in [5.74, 6) is -0.117. The van der Waals surface area contributed by atoms with E-state index in [2.05, 4.69) is 25.8 Å². The summed E-state index contributed by atoms with van der Waals surface area (Å²) in [7, 11) is 0. The molecule has 4 aliphatic carbocycles. The summed E-state index contributed by atoms with van der Waals surface area (Å²) in [6.45, 7) is 6.71. The van der Waals surface area contributed by atoms with Crippen molar-refractivity contribution in [2.75, 3.05) is 0 Å². The van der Waals surface area contributed by atoms with E-state index in [1.54, 1.807) is 0 Å². The monoisotopic (exact) mass is 577 g/mol. The van der Waals surface area contributed by atoms with Crippen LogP contribution in [0.25, 0.3) is 0 Å². The molecule has 4 fully saturated rings. The van der Waals surface area contributed by atoms with Crippen LogP contribution in [0.4, 0.5) is 0 Å². The molecule has 0 bridgehead atoms. The van der Waals surface area contributed by atoms with E-state index in [1.807, 2.05) is 30.3 Å². The van der Waals surface area contributed by atoms with E-state index < -0.39 is 24.2 Å². The van der Waals surface area contributed by atoms with Crippen LogP contribution in [0.5, 0.6) is 0 Å². The average molecular weight is 578 g/mol. The fraction of sp³-hybridized carbons (Fsp3) is 0.758. The fourth-order valence-electron chi connectivity index (χ4n) is 9.95. The standard InChI is InChI=1S/C33H49NO6.Na/c1-19(9-12-29(38)34-26(31(39)40)15-20-7-5-4-6-8-20)23-10-11-24-30-25(18-28(37)33(23,24)3)32(2)14-13-22(35)16-21(32)17-27(30)36;/h4-8,19,21-28,30,35-37H,9-18H2,1-3H3,(H,34,38)(H,39,40);/q;+1/p-1/t19-,21+,22-,23-,24+,25+,26+,27-,28+,30+,32+,33-;/m1./s1. The molecule has 41 heavy (non-hydrogen) atoms. The molecule has 1 aromatic rings. The van der Waals surface area contributed by atoms with Crippen molar-refractivity contribution in [2.45, 2.75) is 109 Å². The fourth-order valence-corrected chi connectivity index (χ4v) is 9.95. The first kappa shape index (κ1) is 32.9. The summed E-state index contributed by atoms with van der Waals surface area (Å²) >= 11 is 0. The number of hydrogen-bond acceptors (Lipinski definition) is 6. The summed E-state index contributed by atoms with van der Waals surface area (Å²) in [6, 6.07) is 8.16. The van der Waals surface area contributed by atoms with Crippen molar-refractivity contribution < 1.29 is 59.9 Å². The Labute approximate surface area is 267 Å².